The van der Waals surface area contributed by atoms with Gasteiger partial charge in [-0.05, 0) is 46.9 Å². The van der Waals surface area contributed by atoms with Crippen LogP contribution in [0.2, 0.25) is 0 Å². The molecular weight excluding hydrogens is 462 g/mol. The van der Waals surface area contributed by atoms with E-state index < -0.39 is 15.6 Å². The highest BCUT2D eigenvalue weighted by Crippen LogP contribution is 2.29. The molecule has 2 aromatic carbocycles. The lowest BCUT2D eigenvalue weighted by Crippen LogP contribution is -2.21. The van der Waals surface area contributed by atoms with Gasteiger partial charge in [0.25, 0.3) is 0 Å². The molecule has 0 amide bonds. The van der Waals surface area contributed by atoms with Crippen LogP contribution >= 0.6 is 22.6 Å². The molecule has 0 bridgehead atoms. The Bertz CT molecular complexity index is 946. The van der Waals surface area contributed by atoms with Crippen molar-refractivity contribution in [1.29, 1.82) is 0 Å². The summed E-state index contributed by atoms with van der Waals surface area (Å²) in [4.78, 5) is 4.48. The summed E-state index contributed by atoms with van der Waals surface area (Å²) in [6.45, 7) is 0. The predicted molar refractivity (Wildman–Crippen MR) is 91.2 cm³/mol. The fraction of sp³-hybridized carbons (Fsp3) is 0.0714. The largest absolute Gasteiger partial charge is 0.522 e. The van der Waals surface area contributed by atoms with Gasteiger partial charge in [-0.15, -0.1) is 0 Å². The highest BCUT2D eigenvalue weighted by Gasteiger charge is 2.44. The molecule has 0 radical (unpaired) electrons. The molecule has 1 aromatic heterocycles. The molecule has 0 saturated heterocycles. The number of benzene rings is 2. The quantitative estimate of drug-likeness (QED) is 0.223. The summed E-state index contributed by atoms with van der Waals surface area (Å²) >= 11 is 2.26. The minimum absolute atomic E-state index is 0.237. The Hall–Kier alpha value is -1.66. The van der Waals surface area contributed by atoms with Crippen LogP contribution in [0.3, 0.4) is 0 Å². The molecule has 128 valence electrons. The van der Waals surface area contributed by atoms with Gasteiger partial charge in [-0.25, -0.2) is 4.98 Å². The molecule has 3 aromatic rings. The third kappa shape index (κ3) is 4.05. The molecule has 1 heterocycles. The maximum atomic E-state index is 10.7. The van der Waals surface area contributed by atoms with E-state index in [-0.39, 0.29) is 5.75 Å². The third-order valence-electron chi connectivity index (χ3n) is 2.90. The lowest BCUT2D eigenvalue weighted by molar-refractivity contribution is -0.0510. The predicted octanol–water partition coefficient (Wildman–Crippen LogP) is 4.09. The second kappa shape index (κ2) is 6.69. The van der Waals surface area contributed by atoms with Crippen LogP contribution in [0.15, 0.2) is 42.5 Å². The maximum Gasteiger partial charge on any atom is 0.522 e. The van der Waals surface area contributed by atoms with E-state index >= 15 is 0 Å². The average Bonchev–Trinajstić information content (AvgIpc) is 2.48. The van der Waals surface area contributed by atoms with Crippen molar-refractivity contribution < 1.29 is 31.2 Å². The number of pyridine rings is 1. The van der Waals surface area contributed by atoms with Gasteiger partial charge in [0, 0.05) is 14.3 Å². The Labute approximate surface area is 148 Å². The van der Waals surface area contributed by atoms with Gasteiger partial charge in [0.05, 0.1) is 5.52 Å². The zero-order valence-corrected chi connectivity index (χ0v) is 14.6. The summed E-state index contributed by atoms with van der Waals surface area (Å²) < 4.78 is 58.6. The molecule has 0 saturated carbocycles. The molecule has 0 aliphatic carbocycles. The Morgan fingerprint density at radius 1 is 1.08 bits per heavy atom. The van der Waals surface area contributed by atoms with Crippen molar-refractivity contribution in [1.82, 2.24) is 4.98 Å². The van der Waals surface area contributed by atoms with Gasteiger partial charge >= 0.3 is 15.6 Å². The van der Waals surface area contributed by atoms with Gasteiger partial charge in [-0.2, -0.15) is 21.6 Å². The number of para-hydroxylation sites is 1. The fourth-order valence-corrected chi connectivity index (χ4v) is 2.41. The molecular formula is C14H9F3INO4S. The first kappa shape index (κ1) is 18.7. The lowest BCUT2D eigenvalue weighted by Gasteiger charge is -2.04. The number of rotatable bonds is 0. The Morgan fingerprint density at radius 2 is 1.67 bits per heavy atom. The van der Waals surface area contributed by atoms with Crippen molar-refractivity contribution in [2.24, 2.45) is 0 Å². The van der Waals surface area contributed by atoms with Crippen LogP contribution in [0.25, 0.3) is 21.8 Å². The van der Waals surface area contributed by atoms with E-state index in [1.165, 1.54) is 0 Å². The first-order valence-electron chi connectivity index (χ1n) is 6.21. The molecule has 0 aliphatic rings. The number of hydrogen-bond acceptors (Lipinski definition) is 4. The molecule has 2 N–H and O–H groups in total. The Kier molecular flexibility index (Phi) is 5.20. The van der Waals surface area contributed by atoms with Crippen LogP contribution in [0.4, 0.5) is 13.2 Å². The number of hydrogen-bond donors (Lipinski definition) is 2. The van der Waals surface area contributed by atoms with E-state index in [1.54, 1.807) is 6.07 Å². The average molecular weight is 471 g/mol. The molecule has 10 heteroatoms. The molecule has 0 unspecified atom stereocenters. The summed E-state index contributed by atoms with van der Waals surface area (Å²) in [6.07, 6.45) is 0. The zero-order chi connectivity index (χ0) is 18.1. The topological polar surface area (TPSA) is 87.5 Å². The van der Waals surface area contributed by atoms with Gasteiger partial charge in [-0.1, -0.05) is 18.2 Å². The summed E-state index contributed by atoms with van der Waals surface area (Å²) in [5, 5.41) is 11.9. The highest BCUT2D eigenvalue weighted by molar-refractivity contribution is 14.1. The number of halogens is 4. The number of phenolic OH excluding ortho intramolecular Hbond substituents is 1. The summed E-state index contributed by atoms with van der Waals surface area (Å²) in [7, 11) is -5.84. The standard InChI is InChI=1S/C13H8INO.CHF3O3S/c14-10-5-6-12(16)13-9(10)7-8-3-1-2-4-11(8)15-13;2-1(3,4)8(5,6)7/h1-7,16H;(H,5,6,7). The van der Waals surface area contributed by atoms with Gasteiger partial charge in [0.2, 0.25) is 0 Å². The van der Waals surface area contributed by atoms with Gasteiger partial charge in [-0.3, -0.25) is 4.55 Å². The van der Waals surface area contributed by atoms with E-state index in [0.29, 0.717) is 5.52 Å². The molecule has 24 heavy (non-hydrogen) atoms. The van der Waals surface area contributed by atoms with Crippen molar-refractivity contribution >= 4 is 54.5 Å². The number of aromatic hydroxyl groups is 1. The molecule has 0 spiro atoms. The maximum absolute atomic E-state index is 10.7. The molecule has 5 nitrogen and oxygen atoms in total. The van der Waals surface area contributed by atoms with Crippen LogP contribution in [0.1, 0.15) is 0 Å². The first-order chi connectivity index (χ1) is 11.0. The monoisotopic (exact) mass is 471 g/mol. The van der Waals surface area contributed by atoms with E-state index in [0.717, 1.165) is 19.9 Å². The minimum Gasteiger partial charge on any atom is -0.506 e. The van der Waals surface area contributed by atoms with Crippen molar-refractivity contribution in [3.63, 3.8) is 0 Å². The van der Waals surface area contributed by atoms with E-state index in [4.69, 9.17) is 13.0 Å². The van der Waals surface area contributed by atoms with Crippen LogP contribution in [0, 0.1) is 3.57 Å². The normalized spacial score (nSPS) is 12.0. The van der Waals surface area contributed by atoms with Gasteiger partial charge in [0.15, 0.2) is 0 Å². The van der Waals surface area contributed by atoms with Crippen LogP contribution in [-0.2, 0) is 10.1 Å². The number of aromatic nitrogens is 1. The van der Waals surface area contributed by atoms with E-state index in [9.17, 15) is 18.3 Å². The zero-order valence-electron chi connectivity index (χ0n) is 11.6. The van der Waals surface area contributed by atoms with Gasteiger partial charge < -0.3 is 5.11 Å². The molecule has 0 fully saturated rings. The number of fused-ring (bicyclic) bond motifs is 2. The van der Waals surface area contributed by atoms with E-state index in [1.807, 2.05) is 30.3 Å². The second-order valence-electron chi connectivity index (χ2n) is 4.56. The van der Waals surface area contributed by atoms with Crippen LogP contribution < -0.4 is 0 Å². The first-order valence-corrected chi connectivity index (χ1v) is 8.73. The summed E-state index contributed by atoms with van der Waals surface area (Å²) in [5.41, 5.74) is -3.95. The number of nitrogens with zero attached hydrogens (tertiary/aromatic N) is 1. The SMILES string of the molecule is O=S(=O)(O)C(F)(F)F.Oc1ccc(I)c2cc3ccccc3nc12. The fourth-order valence-electron chi connectivity index (χ4n) is 1.81. The second-order valence-corrected chi connectivity index (χ2v) is 7.14. The van der Waals surface area contributed by atoms with Crippen LogP contribution in [-0.4, -0.2) is 28.6 Å². The van der Waals surface area contributed by atoms with Crippen molar-refractivity contribution in [3.05, 3.63) is 46.0 Å². The van der Waals surface area contributed by atoms with Crippen molar-refractivity contribution in [3.8, 4) is 5.75 Å². The summed E-state index contributed by atoms with van der Waals surface area (Å²) in [6, 6.07) is 13.6. The minimum atomic E-state index is -5.84. The smallest absolute Gasteiger partial charge is 0.506 e. The van der Waals surface area contributed by atoms with E-state index in [2.05, 4.69) is 33.6 Å². The van der Waals surface area contributed by atoms with Gasteiger partial charge in [0.1, 0.15) is 11.3 Å². The van der Waals surface area contributed by atoms with Crippen molar-refractivity contribution in [2.75, 3.05) is 0 Å². The number of alkyl halides is 3. The third-order valence-corrected chi connectivity index (χ3v) is 4.43. The Morgan fingerprint density at radius 3 is 2.25 bits per heavy atom. The van der Waals surface area contributed by atoms with Crippen molar-refractivity contribution in [2.45, 2.75) is 5.51 Å². The summed E-state index contributed by atoms with van der Waals surface area (Å²) in [5.74, 6) is 0.237. The molecule has 0 aliphatic heterocycles. The van der Waals surface area contributed by atoms with Crippen LogP contribution in [0.5, 0.6) is 5.75 Å². The Balaban J connectivity index is 0.000000224. The molecule has 3 rings (SSSR count). The number of phenols is 1. The molecule has 0 atom stereocenters. The highest BCUT2D eigenvalue weighted by atomic mass is 127. The lowest BCUT2D eigenvalue weighted by atomic mass is 10.1.